The number of pyridine rings is 1. The summed E-state index contributed by atoms with van der Waals surface area (Å²) >= 11 is 5.25. The van der Waals surface area contributed by atoms with Gasteiger partial charge < -0.3 is 5.73 Å². The SMILES string of the molecule is CN(CCc1ccccn1)C(CN)c1ccc(Br)s1. The van der Waals surface area contributed by atoms with E-state index in [1.54, 1.807) is 11.3 Å². The normalized spacial score (nSPS) is 12.8. The van der Waals surface area contributed by atoms with E-state index in [4.69, 9.17) is 5.73 Å². The van der Waals surface area contributed by atoms with Crippen molar-refractivity contribution in [1.82, 2.24) is 9.88 Å². The molecule has 19 heavy (non-hydrogen) atoms. The van der Waals surface area contributed by atoms with Gasteiger partial charge in [-0.25, -0.2) is 0 Å². The molecule has 2 aromatic heterocycles. The summed E-state index contributed by atoms with van der Waals surface area (Å²) in [4.78, 5) is 7.95. The van der Waals surface area contributed by atoms with Gasteiger partial charge >= 0.3 is 0 Å². The Kier molecular flexibility index (Phi) is 5.51. The number of likely N-dealkylation sites (N-methyl/N-ethyl adjacent to an activating group) is 1. The van der Waals surface area contributed by atoms with Gasteiger partial charge in [-0.2, -0.15) is 0 Å². The molecule has 1 unspecified atom stereocenters. The number of thiophene rings is 1. The van der Waals surface area contributed by atoms with Crippen LogP contribution in [0, 0.1) is 0 Å². The Morgan fingerprint density at radius 2 is 2.21 bits per heavy atom. The van der Waals surface area contributed by atoms with Crippen molar-refractivity contribution < 1.29 is 0 Å². The molecule has 2 rings (SSSR count). The average molecular weight is 340 g/mol. The largest absolute Gasteiger partial charge is 0.329 e. The molecule has 1 atom stereocenters. The van der Waals surface area contributed by atoms with Crippen molar-refractivity contribution in [2.45, 2.75) is 12.5 Å². The highest BCUT2D eigenvalue weighted by atomic mass is 79.9. The van der Waals surface area contributed by atoms with Crippen molar-refractivity contribution in [3.05, 3.63) is 50.9 Å². The fraction of sp³-hybridized carbons (Fsp3) is 0.357. The minimum absolute atomic E-state index is 0.278. The summed E-state index contributed by atoms with van der Waals surface area (Å²) in [5.74, 6) is 0. The molecular weight excluding hydrogens is 322 g/mol. The first-order valence-corrected chi connectivity index (χ1v) is 7.87. The minimum Gasteiger partial charge on any atom is -0.329 e. The summed E-state index contributed by atoms with van der Waals surface area (Å²) in [5, 5.41) is 0. The third kappa shape index (κ3) is 4.11. The summed E-state index contributed by atoms with van der Waals surface area (Å²) in [7, 11) is 2.12. The van der Waals surface area contributed by atoms with Crippen molar-refractivity contribution in [2.75, 3.05) is 20.1 Å². The van der Waals surface area contributed by atoms with E-state index < -0.39 is 0 Å². The quantitative estimate of drug-likeness (QED) is 0.879. The van der Waals surface area contributed by atoms with Gasteiger partial charge in [-0.05, 0) is 47.2 Å². The Bertz CT molecular complexity index is 500. The van der Waals surface area contributed by atoms with E-state index in [-0.39, 0.29) is 6.04 Å². The highest BCUT2D eigenvalue weighted by Gasteiger charge is 2.17. The van der Waals surface area contributed by atoms with Crippen LogP contribution in [0.15, 0.2) is 40.3 Å². The molecule has 0 spiro atoms. The van der Waals surface area contributed by atoms with Crippen LogP contribution < -0.4 is 5.73 Å². The van der Waals surface area contributed by atoms with E-state index in [1.807, 2.05) is 18.3 Å². The predicted octanol–water partition coefficient (Wildman–Crippen LogP) is 3.08. The second-order valence-electron chi connectivity index (χ2n) is 4.45. The molecule has 2 heterocycles. The van der Waals surface area contributed by atoms with E-state index >= 15 is 0 Å². The molecule has 3 nitrogen and oxygen atoms in total. The lowest BCUT2D eigenvalue weighted by atomic mass is 10.2. The van der Waals surface area contributed by atoms with Crippen LogP contribution in [0.1, 0.15) is 16.6 Å². The smallest absolute Gasteiger partial charge is 0.0702 e. The minimum atomic E-state index is 0.278. The average Bonchev–Trinajstić information content (AvgIpc) is 2.85. The van der Waals surface area contributed by atoms with Gasteiger partial charge in [0.1, 0.15) is 0 Å². The number of hydrogen-bond acceptors (Lipinski definition) is 4. The summed E-state index contributed by atoms with van der Waals surface area (Å²) in [6.07, 6.45) is 2.78. The van der Waals surface area contributed by atoms with Crippen LogP contribution in [0.4, 0.5) is 0 Å². The highest BCUT2D eigenvalue weighted by molar-refractivity contribution is 9.11. The number of nitrogens with zero attached hydrogens (tertiary/aromatic N) is 2. The second-order valence-corrected chi connectivity index (χ2v) is 6.94. The molecule has 0 aliphatic rings. The number of nitrogens with two attached hydrogens (primary N) is 1. The molecule has 0 saturated carbocycles. The monoisotopic (exact) mass is 339 g/mol. The Morgan fingerprint density at radius 1 is 1.37 bits per heavy atom. The summed E-state index contributed by atoms with van der Waals surface area (Å²) in [6, 6.07) is 10.5. The lowest BCUT2D eigenvalue weighted by molar-refractivity contribution is 0.256. The van der Waals surface area contributed by atoms with Gasteiger partial charge in [-0.3, -0.25) is 9.88 Å². The lowest BCUT2D eigenvalue weighted by Gasteiger charge is -2.25. The third-order valence-electron chi connectivity index (χ3n) is 3.12. The van der Waals surface area contributed by atoms with Crippen molar-refractivity contribution in [3.63, 3.8) is 0 Å². The maximum Gasteiger partial charge on any atom is 0.0702 e. The summed E-state index contributed by atoms with van der Waals surface area (Å²) < 4.78 is 1.15. The van der Waals surface area contributed by atoms with Gasteiger partial charge in [-0.1, -0.05) is 6.07 Å². The van der Waals surface area contributed by atoms with Crippen LogP contribution in [0.2, 0.25) is 0 Å². The van der Waals surface area contributed by atoms with Crippen molar-refractivity contribution in [3.8, 4) is 0 Å². The summed E-state index contributed by atoms with van der Waals surface area (Å²) in [5.41, 5.74) is 7.04. The van der Waals surface area contributed by atoms with Crippen LogP contribution in [0.5, 0.6) is 0 Å². The fourth-order valence-electron chi connectivity index (χ4n) is 2.01. The van der Waals surface area contributed by atoms with Gasteiger partial charge in [0, 0.05) is 36.3 Å². The third-order valence-corrected chi connectivity index (χ3v) is 4.85. The molecular formula is C14H18BrN3S. The first-order valence-electron chi connectivity index (χ1n) is 6.26. The van der Waals surface area contributed by atoms with Crippen LogP contribution in [0.3, 0.4) is 0 Å². The number of halogens is 1. The van der Waals surface area contributed by atoms with Gasteiger partial charge in [0.05, 0.1) is 9.83 Å². The number of hydrogen-bond donors (Lipinski definition) is 1. The van der Waals surface area contributed by atoms with Gasteiger partial charge in [-0.15, -0.1) is 11.3 Å². The maximum atomic E-state index is 5.92. The molecule has 0 bridgehead atoms. The van der Waals surface area contributed by atoms with E-state index in [2.05, 4.69) is 51.1 Å². The molecule has 2 aromatic rings. The molecule has 0 aliphatic heterocycles. The van der Waals surface area contributed by atoms with Gasteiger partial charge in [0.2, 0.25) is 0 Å². The van der Waals surface area contributed by atoms with Crippen LogP contribution in [0.25, 0.3) is 0 Å². The van der Waals surface area contributed by atoms with Crippen LogP contribution >= 0.6 is 27.3 Å². The molecule has 0 saturated heterocycles. The lowest BCUT2D eigenvalue weighted by Crippen LogP contribution is -2.31. The highest BCUT2D eigenvalue weighted by Crippen LogP contribution is 2.29. The Morgan fingerprint density at radius 3 is 2.79 bits per heavy atom. The van der Waals surface area contributed by atoms with E-state index in [1.165, 1.54) is 4.88 Å². The predicted molar refractivity (Wildman–Crippen MR) is 84.4 cm³/mol. The van der Waals surface area contributed by atoms with E-state index in [0.717, 1.165) is 22.4 Å². The van der Waals surface area contributed by atoms with Crippen molar-refractivity contribution in [1.29, 1.82) is 0 Å². The second kappa shape index (κ2) is 7.14. The zero-order valence-corrected chi connectivity index (χ0v) is 13.3. The molecule has 0 radical (unpaired) electrons. The molecule has 0 aromatic carbocycles. The van der Waals surface area contributed by atoms with Gasteiger partial charge in [0.25, 0.3) is 0 Å². The van der Waals surface area contributed by atoms with Crippen molar-refractivity contribution in [2.24, 2.45) is 5.73 Å². The Labute approximate surface area is 126 Å². The standard InChI is InChI=1S/C14H18BrN3S/c1-18(9-7-11-4-2-3-8-17-11)12(10-16)13-5-6-14(15)19-13/h2-6,8,12H,7,9-10,16H2,1H3. The molecule has 102 valence electrons. The van der Waals surface area contributed by atoms with E-state index in [0.29, 0.717) is 6.54 Å². The van der Waals surface area contributed by atoms with Gasteiger partial charge in [0.15, 0.2) is 0 Å². The molecule has 0 fully saturated rings. The zero-order chi connectivity index (χ0) is 13.7. The van der Waals surface area contributed by atoms with Crippen LogP contribution in [-0.4, -0.2) is 30.0 Å². The first kappa shape index (κ1) is 14.7. The summed E-state index contributed by atoms with van der Waals surface area (Å²) in [6.45, 7) is 1.58. The van der Waals surface area contributed by atoms with Crippen molar-refractivity contribution >= 4 is 27.3 Å². The topological polar surface area (TPSA) is 42.2 Å². The first-order chi connectivity index (χ1) is 9.20. The van der Waals surface area contributed by atoms with E-state index in [9.17, 15) is 0 Å². The van der Waals surface area contributed by atoms with Crippen LogP contribution in [-0.2, 0) is 6.42 Å². The maximum absolute atomic E-state index is 5.92. The number of aromatic nitrogens is 1. The zero-order valence-electron chi connectivity index (χ0n) is 10.9. The fourth-order valence-corrected chi connectivity index (χ4v) is 3.62. The molecule has 0 amide bonds. The Hall–Kier alpha value is -0.750. The molecule has 5 heteroatoms. The molecule has 0 aliphatic carbocycles. The molecule has 2 N–H and O–H groups in total. The number of rotatable bonds is 6. The Balaban J connectivity index is 1.96.